The first kappa shape index (κ1) is 18.9. The van der Waals surface area contributed by atoms with Gasteiger partial charge in [-0.3, -0.25) is 9.59 Å². The average Bonchev–Trinajstić information content (AvgIpc) is 3.06. The standard InChI is InChI=1S/C26H26N2O2/c1-2-3-15-28-23-10-6-9-20-22(14-13-21(24(20)23)26(28)30)27-25(29)19-12-11-17-7-4-5-8-18(17)16-19/h6,9-14,16H,2-5,7-8,15H2,1H3,(H,27,29). The first-order valence-corrected chi connectivity index (χ1v) is 11.0. The molecule has 1 aliphatic carbocycles. The van der Waals surface area contributed by atoms with Gasteiger partial charge in [0.05, 0.1) is 5.69 Å². The quantitative estimate of drug-likeness (QED) is 0.596. The summed E-state index contributed by atoms with van der Waals surface area (Å²) in [5, 5.41) is 4.96. The predicted octanol–water partition coefficient (Wildman–Crippen LogP) is 5.73. The van der Waals surface area contributed by atoms with Crippen LogP contribution >= 0.6 is 0 Å². The van der Waals surface area contributed by atoms with E-state index in [4.69, 9.17) is 0 Å². The Balaban J connectivity index is 1.48. The molecule has 0 spiro atoms. The van der Waals surface area contributed by atoms with Gasteiger partial charge >= 0.3 is 0 Å². The van der Waals surface area contributed by atoms with Gasteiger partial charge in [0.25, 0.3) is 11.8 Å². The summed E-state index contributed by atoms with van der Waals surface area (Å²) < 4.78 is 0. The number of anilines is 2. The molecule has 2 aliphatic rings. The van der Waals surface area contributed by atoms with Crippen LogP contribution in [0.4, 0.5) is 11.4 Å². The van der Waals surface area contributed by atoms with Crippen molar-refractivity contribution in [3.8, 4) is 0 Å². The van der Waals surface area contributed by atoms with E-state index in [1.165, 1.54) is 24.0 Å². The van der Waals surface area contributed by atoms with Crippen LogP contribution in [0.15, 0.2) is 48.5 Å². The SMILES string of the molecule is CCCCN1C(=O)c2ccc(NC(=O)c3ccc4c(c3)CCCC4)c3cccc1c23. The molecule has 0 radical (unpaired) electrons. The third-order valence-electron chi connectivity index (χ3n) is 6.38. The molecule has 1 N–H and O–H groups in total. The fourth-order valence-electron chi connectivity index (χ4n) is 4.76. The first-order valence-electron chi connectivity index (χ1n) is 11.0. The van der Waals surface area contributed by atoms with E-state index in [9.17, 15) is 9.59 Å². The molecule has 0 unspecified atom stereocenters. The van der Waals surface area contributed by atoms with Crippen molar-refractivity contribution in [2.75, 3.05) is 16.8 Å². The second kappa shape index (κ2) is 7.60. The highest BCUT2D eigenvalue weighted by Gasteiger charge is 2.30. The minimum absolute atomic E-state index is 0.0576. The van der Waals surface area contributed by atoms with Gasteiger partial charge in [0.1, 0.15) is 0 Å². The second-order valence-electron chi connectivity index (χ2n) is 8.32. The van der Waals surface area contributed by atoms with E-state index in [2.05, 4.69) is 18.3 Å². The number of rotatable bonds is 5. The lowest BCUT2D eigenvalue weighted by atomic mass is 9.90. The van der Waals surface area contributed by atoms with Crippen LogP contribution in [-0.4, -0.2) is 18.4 Å². The van der Waals surface area contributed by atoms with Crippen LogP contribution in [-0.2, 0) is 12.8 Å². The smallest absolute Gasteiger partial charge is 0.258 e. The summed E-state index contributed by atoms with van der Waals surface area (Å²) in [6.45, 7) is 2.85. The Morgan fingerprint density at radius 2 is 1.87 bits per heavy atom. The summed E-state index contributed by atoms with van der Waals surface area (Å²) in [5.74, 6) is -0.0431. The Morgan fingerprint density at radius 3 is 2.70 bits per heavy atom. The van der Waals surface area contributed by atoms with Gasteiger partial charge in [0, 0.05) is 34.1 Å². The monoisotopic (exact) mass is 398 g/mol. The van der Waals surface area contributed by atoms with E-state index in [0.717, 1.165) is 59.9 Å². The summed E-state index contributed by atoms with van der Waals surface area (Å²) in [5.41, 5.74) is 5.79. The minimum atomic E-state index is -0.101. The molecule has 3 aromatic rings. The maximum Gasteiger partial charge on any atom is 0.258 e. The summed E-state index contributed by atoms with van der Waals surface area (Å²) in [7, 11) is 0. The fraction of sp³-hybridized carbons (Fsp3) is 0.308. The topological polar surface area (TPSA) is 49.4 Å². The number of benzene rings is 3. The van der Waals surface area contributed by atoms with E-state index >= 15 is 0 Å². The van der Waals surface area contributed by atoms with Crippen molar-refractivity contribution < 1.29 is 9.59 Å². The number of hydrogen-bond acceptors (Lipinski definition) is 2. The number of amides is 2. The lowest BCUT2D eigenvalue weighted by Gasteiger charge is -2.17. The molecule has 0 atom stereocenters. The van der Waals surface area contributed by atoms with Crippen LogP contribution in [0.3, 0.4) is 0 Å². The highest BCUT2D eigenvalue weighted by molar-refractivity contribution is 6.27. The molecule has 3 aromatic carbocycles. The highest BCUT2D eigenvalue weighted by atomic mass is 16.2. The molecule has 0 bridgehead atoms. The number of nitrogens with zero attached hydrogens (tertiary/aromatic N) is 1. The third kappa shape index (κ3) is 3.07. The number of aryl methyl sites for hydroxylation is 2. The summed E-state index contributed by atoms with van der Waals surface area (Å²) >= 11 is 0. The van der Waals surface area contributed by atoms with Crippen molar-refractivity contribution in [1.82, 2.24) is 0 Å². The molecule has 30 heavy (non-hydrogen) atoms. The molecular formula is C26H26N2O2. The minimum Gasteiger partial charge on any atom is -0.321 e. The molecule has 1 heterocycles. The lowest BCUT2D eigenvalue weighted by molar-refractivity contribution is 0.0991. The van der Waals surface area contributed by atoms with E-state index < -0.39 is 0 Å². The number of fused-ring (bicyclic) bond motifs is 1. The van der Waals surface area contributed by atoms with Crippen molar-refractivity contribution in [3.05, 3.63) is 70.8 Å². The summed E-state index contributed by atoms with van der Waals surface area (Å²) in [4.78, 5) is 27.8. The molecule has 2 amide bonds. The molecular weight excluding hydrogens is 372 g/mol. The highest BCUT2D eigenvalue weighted by Crippen LogP contribution is 2.40. The van der Waals surface area contributed by atoms with Crippen molar-refractivity contribution in [2.45, 2.75) is 45.4 Å². The van der Waals surface area contributed by atoms with Crippen molar-refractivity contribution >= 4 is 34.0 Å². The van der Waals surface area contributed by atoms with E-state index in [1.54, 1.807) is 0 Å². The van der Waals surface area contributed by atoms with Crippen LogP contribution < -0.4 is 10.2 Å². The fourth-order valence-corrected chi connectivity index (χ4v) is 4.76. The largest absolute Gasteiger partial charge is 0.321 e. The van der Waals surface area contributed by atoms with Crippen LogP contribution in [0, 0.1) is 0 Å². The maximum atomic E-state index is 13.0. The van der Waals surface area contributed by atoms with E-state index in [1.807, 2.05) is 47.4 Å². The van der Waals surface area contributed by atoms with Gasteiger partial charge in [-0.1, -0.05) is 31.5 Å². The van der Waals surface area contributed by atoms with Crippen molar-refractivity contribution in [1.29, 1.82) is 0 Å². The number of carbonyl (C=O) groups is 2. The van der Waals surface area contributed by atoms with Gasteiger partial charge in [-0.05, 0) is 73.6 Å². The van der Waals surface area contributed by atoms with Gasteiger partial charge in [0.2, 0.25) is 0 Å². The zero-order chi connectivity index (χ0) is 20.7. The number of carbonyl (C=O) groups excluding carboxylic acids is 2. The van der Waals surface area contributed by atoms with Gasteiger partial charge in [0.15, 0.2) is 0 Å². The molecule has 0 fully saturated rings. The van der Waals surface area contributed by atoms with Crippen molar-refractivity contribution in [3.63, 3.8) is 0 Å². The van der Waals surface area contributed by atoms with Gasteiger partial charge in [-0.25, -0.2) is 0 Å². The molecule has 0 saturated heterocycles. The molecule has 1 aliphatic heterocycles. The molecule has 4 nitrogen and oxygen atoms in total. The Kier molecular flexibility index (Phi) is 4.78. The maximum absolute atomic E-state index is 13.0. The molecule has 4 heteroatoms. The number of nitrogens with one attached hydrogen (secondary N) is 1. The van der Waals surface area contributed by atoms with E-state index in [0.29, 0.717) is 5.56 Å². The first-order chi connectivity index (χ1) is 14.7. The summed E-state index contributed by atoms with van der Waals surface area (Å²) in [6.07, 6.45) is 6.58. The average molecular weight is 399 g/mol. The summed E-state index contributed by atoms with van der Waals surface area (Å²) in [6, 6.07) is 15.7. The zero-order valence-corrected chi connectivity index (χ0v) is 17.3. The molecule has 0 aromatic heterocycles. The number of hydrogen-bond donors (Lipinski definition) is 1. The number of unbranched alkanes of at least 4 members (excludes halogenated alkanes) is 1. The zero-order valence-electron chi connectivity index (χ0n) is 17.3. The van der Waals surface area contributed by atoms with Crippen LogP contribution in [0.2, 0.25) is 0 Å². The van der Waals surface area contributed by atoms with Crippen LogP contribution in [0.1, 0.15) is 64.4 Å². The normalized spacial score (nSPS) is 14.8. The van der Waals surface area contributed by atoms with Gasteiger partial charge in [-0.2, -0.15) is 0 Å². The third-order valence-corrected chi connectivity index (χ3v) is 6.38. The van der Waals surface area contributed by atoms with Crippen LogP contribution in [0.5, 0.6) is 0 Å². The Morgan fingerprint density at radius 1 is 1.03 bits per heavy atom. The Labute approximate surface area is 176 Å². The Bertz CT molecular complexity index is 1170. The molecule has 0 saturated carbocycles. The molecule has 152 valence electrons. The second-order valence-corrected chi connectivity index (χ2v) is 8.32. The van der Waals surface area contributed by atoms with Gasteiger partial charge in [-0.15, -0.1) is 0 Å². The lowest BCUT2D eigenvalue weighted by Crippen LogP contribution is -2.27. The Hall–Kier alpha value is -3.14. The van der Waals surface area contributed by atoms with Gasteiger partial charge < -0.3 is 10.2 Å². The molecule has 5 rings (SSSR count). The predicted molar refractivity (Wildman–Crippen MR) is 122 cm³/mol. The van der Waals surface area contributed by atoms with E-state index in [-0.39, 0.29) is 11.8 Å². The van der Waals surface area contributed by atoms with Crippen LogP contribution in [0.25, 0.3) is 10.8 Å². The van der Waals surface area contributed by atoms with Crippen molar-refractivity contribution in [2.24, 2.45) is 0 Å².